The van der Waals surface area contributed by atoms with Gasteiger partial charge >= 0.3 is 5.97 Å². The van der Waals surface area contributed by atoms with Crippen LogP contribution in [-0.4, -0.2) is 18.5 Å². The Morgan fingerprint density at radius 3 is 2.56 bits per heavy atom. The average Bonchev–Trinajstić information content (AvgIpc) is 3.36. The van der Waals surface area contributed by atoms with Gasteiger partial charge in [0.15, 0.2) is 0 Å². The van der Waals surface area contributed by atoms with Gasteiger partial charge in [-0.25, -0.2) is 4.79 Å². The molecular formula is C20H29NO3S. The maximum atomic E-state index is 12.5. The summed E-state index contributed by atoms with van der Waals surface area (Å²) >= 11 is 1.59. The topological polar surface area (TPSA) is 55.4 Å². The zero-order valence-corrected chi connectivity index (χ0v) is 16.6. The summed E-state index contributed by atoms with van der Waals surface area (Å²) < 4.78 is 5.28. The van der Waals surface area contributed by atoms with Crippen molar-refractivity contribution in [3.63, 3.8) is 0 Å². The van der Waals surface area contributed by atoms with E-state index >= 15 is 0 Å². The summed E-state index contributed by atoms with van der Waals surface area (Å²) in [5, 5.41) is 3.72. The molecule has 0 radical (unpaired) electrons. The largest absolute Gasteiger partial charge is 0.462 e. The van der Waals surface area contributed by atoms with Crippen molar-refractivity contribution in [3.8, 4) is 0 Å². The third kappa shape index (κ3) is 3.76. The number of anilines is 1. The van der Waals surface area contributed by atoms with Gasteiger partial charge in [0.05, 0.1) is 12.2 Å². The average molecular weight is 364 g/mol. The zero-order valence-electron chi connectivity index (χ0n) is 15.7. The summed E-state index contributed by atoms with van der Waals surface area (Å²) in [4.78, 5) is 26.0. The van der Waals surface area contributed by atoms with Crippen LogP contribution in [0.1, 0.15) is 74.2 Å². The minimum atomic E-state index is -0.292. The molecule has 1 aromatic heterocycles. The Bertz CT molecular complexity index is 673. The van der Waals surface area contributed by atoms with E-state index in [1.807, 2.05) is 6.92 Å². The molecule has 0 bridgehead atoms. The smallest absolute Gasteiger partial charge is 0.341 e. The number of nitrogens with one attached hydrogen (secondary N) is 1. The summed E-state index contributed by atoms with van der Waals surface area (Å²) in [6.07, 6.45) is 6.04. The van der Waals surface area contributed by atoms with Crippen molar-refractivity contribution in [1.29, 1.82) is 0 Å². The van der Waals surface area contributed by atoms with Crippen molar-refractivity contribution in [3.05, 3.63) is 16.0 Å². The zero-order chi connectivity index (χ0) is 18.2. The Hall–Kier alpha value is -1.36. The monoisotopic (exact) mass is 363 g/mol. The molecule has 1 heterocycles. The van der Waals surface area contributed by atoms with Crippen LogP contribution in [0.25, 0.3) is 0 Å². The Labute approximate surface area is 154 Å². The van der Waals surface area contributed by atoms with Gasteiger partial charge in [0, 0.05) is 10.8 Å². The van der Waals surface area contributed by atoms with Crippen molar-refractivity contribution in [2.24, 2.45) is 17.3 Å². The molecule has 138 valence electrons. The lowest BCUT2D eigenvalue weighted by Crippen LogP contribution is -2.28. The minimum absolute atomic E-state index is 0.0505. The number of thiophene rings is 1. The third-order valence-corrected chi connectivity index (χ3v) is 7.12. The Kier molecular flexibility index (Phi) is 5.24. The number of amides is 1. The molecule has 1 fully saturated rings. The van der Waals surface area contributed by atoms with Crippen molar-refractivity contribution in [2.75, 3.05) is 11.9 Å². The highest BCUT2D eigenvalue weighted by Gasteiger charge is 2.37. The number of hydrogen-bond acceptors (Lipinski definition) is 4. The number of carbonyl (C=O) groups excluding carboxylic acids is 2. The molecule has 2 aliphatic rings. The maximum absolute atomic E-state index is 12.5. The second-order valence-corrected chi connectivity index (χ2v) is 9.08. The van der Waals surface area contributed by atoms with Crippen LogP contribution in [0.15, 0.2) is 0 Å². The van der Waals surface area contributed by atoms with Crippen molar-refractivity contribution < 1.29 is 14.3 Å². The molecule has 2 aliphatic carbocycles. The van der Waals surface area contributed by atoms with E-state index in [1.165, 1.54) is 4.88 Å². The van der Waals surface area contributed by atoms with E-state index in [4.69, 9.17) is 4.74 Å². The predicted octanol–water partition coefficient (Wildman–Crippen LogP) is 4.81. The first-order chi connectivity index (χ1) is 11.9. The van der Waals surface area contributed by atoms with Crippen LogP contribution in [0.5, 0.6) is 0 Å². The third-order valence-electron chi connectivity index (χ3n) is 5.95. The molecule has 4 nitrogen and oxygen atoms in total. The van der Waals surface area contributed by atoms with Gasteiger partial charge in [0.2, 0.25) is 5.91 Å². The van der Waals surface area contributed by atoms with Crippen molar-refractivity contribution in [2.45, 2.75) is 66.2 Å². The molecule has 1 aromatic rings. The predicted molar refractivity (Wildman–Crippen MR) is 101 cm³/mol. The molecule has 0 spiro atoms. The molecule has 1 amide bonds. The number of ether oxygens (including phenoxy) is 1. The fraction of sp³-hybridized carbons (Fsp3) is 0.700. The molecule has 1 N–H and O–H groups in total. The summed E-state index contributed by atoms with van der Waals surface area (Å²) in [7, 11) is 0. The van der Waals surface area contributed by atoms with Gasteiger partial charge in [-0.3, -0.25) is 4.79 Å². The molecule has 3 rings (SSSR count). The van der Waals surface area contributed by atoms with Gasteiger partial charge in [0.25, 0.3) is 0 Å². The normalized spacial score (nSPS) is 20.1. The highest BCUT2D eigenvalue weighted by molar-refractivity contribution is 7.17. The number of rotatable bonds is 6. The summed E-state index contributed by atoms with van der Waals surface area (Å²) in [5.41, 5.74) is 2.02. The van der Waals surface area contributed by atoms with Crippen LogP contribution in [0.2, 0.25) is 0 Å². The molecule has 1 saturated carbocycles. The van der Waals surface area contributed by atoms with E-state index in [0.717, 1.165) is 44.1 Å². The lowest BCUT2D eigenvalue weighted by molar-refractivity contribution is -0.117. The maximum Gasteiger partial charge on any atom is 0.341 e. The minimum Gasteiger partial charge on any atom is -0.462 e. The molecule has 0 saturated heterocycles. The van der Waals surface area contributed by atoms with Crippen LogP contribution < -0.4 is 5.32 Å². The summed E-state index contributed by atoms with van der Waals surface area (Å²) in [6.45, 7) is 9.08. The highest BCUT2D eigenvalue weighted by atomic mass is 32.1. The molecule has 1 atom stereocenters. The molecule has 5 heteroatoms. The summed E-state index contributed by atoms with van der Waals surface area (Å²) in [6, 6.07) is 0. The van der Waals surface area contributed by atoms with Crippen LogP contribution in [0.4, 0.5) is 5.00 Å². The first-order valence-electron chi connectivity index (χ1n) is 9.49. The Balaban J connectivity index is 1.90. The van der Waals surface area contributed by atoms with E-state index in [0.29, 0.717) is 28.5 Å². The lowest BCUT2D eigenvalue weighted by atomic mass is 9.69. The van der Waals surface area contributed by atoms with E-state index in [1.54, 1.807) is 11.3 Å². The fourth-order valence-corrected chi connectivity index (χ4v) is 4.93. The molecular weight excluding hydrogens is 334 g/mol. The quantitative estimate of drug-likeness (QED) is 0.738. The van der Waals surface area contributed by atoms with Gasteiger partial charge in [-0.05, 0) is 55.9 Å². The van der Waals surface area contributed by atoms with Crippen LogP contribution in [-0.2, 0) is 22.4 Å². The second-order valence-electron chi connectivity index (χ2n) is 7.97. The number of carbonyl (C=O) groups is 2. The fourth-order valence-electron chi connectivity index (χ4n) is 3.61. The second kappa shape index (κ2) is 7.10. The molecule has 0 aromatic carbocycles. The van der Waals surface area contributed by atoms with Crippen LogP contribution in [0.3, 0.4) is 0 Å². The first kappa shape index (κ1) is 18.4. The van der Waals surface area contributed by atoms with Gasteiger partial charge in [-0.1, -0.05) is 27.2 Å². The van der Waals surface area contributed by atoms with Crippen LogP contribution >= 0.6 is 11.3 Å². The number of esters is 1. The van der Waals surface area contributed by atoms with Gasteiger partial charge in [-0.15, -0.1) is 11.3 Å². The molecule has 0 unspecified atom stereocenters. The van der Waals surface area contributed by atoms with E-state index in [9.17, 15) is 9.59 Å². The van der Waals surface area contributed by atoms with Crippen molar-refractivity contribution in [1.82, 2.24) is 0 Å². The lowest BCUT2D eigenvalue weighted by Gasteiger charge is -2.36. The van der Waals surface area contributed by atoms with Crippen LogP contribution in [0, 0.1) is 17.3 Å². The van der Waals surface area contributed by atoms with E-state index in [-0.39, 0.29) is 17.8 Å². The molecule has 0 aliphatic heterocycles. The van der Waals surface area contributed by atoms with E-state index < -0.39 is 0 Å². The number of fused-ring (bicyclic) bond motifs is 1. The highest BCUT2D eigenvalue weighted by Crippen LogP contribution is 2.46. The Morgan fingerprint density at radius 1 is 1.24 bits per heavy atom. The Morgan fingerprint density at radius 2 is 1.96 bits per heavy atom. The standard InChI is InChI=1S/C20H29NO3S/c1-5-20(3,4)13-9-10-14-15(11-13)25-18(16(14)19(23)24-6-2)21-17(22)12-7-8-12/h12-13H,5-11H2,1-4H3,(H,21,22)/t13-/m0/s1. The van der Waals surface area contributed by atoms with Gasteiger partial charge < -0.3 is 10.1 Å². The SMILES string of the molecule is CCOC(=O)c1c(NC(=O)C2CC2)sc2c1CC[C@H](C(C)(C)CC)C2. The van der Waals surface area contributed by atoms with Gasteiger partial charge in [-0.2, -0.15) is 0 Å². The first-order valence-corrected chi connectivity index (χ1v) is 10.3. The van der Waals surface area contributed by atoms with Crippen molar-refractivity contribution >= 4 is 28.2 Å². The van der Waals surface area contributed by atoms with E-state index in [2.05, 4.69) is 26.1 Å². The van der Waals surface area contributed by atoms with Gasteiger partial charge in [0.1, 0.15) is 5.00 Å². The molecule has 25 heavy (non-hydrogen) atoms. The number of hydrogen-bond donors (Lipinski definition) is 1. The summed E-state index contributed by atoms with van der Waals surface area (Å²) in [5.74, 6) is 0.500.